The van der Waals surface area contributed by atoms with Crippen LogP contribution in [0.2, 0.25) is 0 Å². The molecule has 8 heteroatoms. The highest BCUT2D eigenvalue weighted by atomic mass is 16.2. The van der Waals surface area contributed by atoms with E-state index in [1.165, 1.54) is 6.92 Å². The molecule has 1 aromatic rings. The van der Waals surface area contributed by atoms with Gasteiger partial charge in [0.05, 0.1) is 6.54 Å². The Kier molecular flexibility index (Phi) is 5.63. The van der Waals surface area contributed by atoms with Crippen molar-refractivity contribution >= 4 is 29.5 Å². The molecule has 1 aliphatic rings. The van der Waals surface area contributed by atoms with Gasteiger partial charge in [-0.15, -0.1) is 0 Å². The highest BCUT2D eigenvalue weighted by Crippen LogP contribution is 2.14. The van der Waals surface area contributed by atoms with Crippen molar-refractivity contribution in [2.45, 2.75) is 26.8 Å². The average Bonchev–Trinajstić information content (AvgIpc) is 2.78. The van der Waals surface area contributed by atoms with Crippen molar-refractivity contribution in [3.8, 4) is 0 Å². The van der Waals surface area contributed by atoms with E-state index in [4.69, 9.17) is 0 Å². The maximum atomic E-state index is 12.3. The summed E-state index contributed by atoms with van der Waals surface area (Å²) in [5.41, 5.74) is 1.12. The molecule has 0 spiro atoms. The molecular weight excluding hydrogens is 326 g/mol. The van der Waals surface area contributed by atoms with Crippen LogP contribution < -0.4 is 5.32 Å². The Morgan fingerprint density at radius 2 is 1.60 bits per heavy atom. The number of amides is 5. The highest BCUT2D eigenvalue weighted by molar-refractivity contribution is 6.45. The molecule has 0 bridgehead atoms. The predicted molar refractivity (Wildman–Crippen MR) is 87.4 cm³/mol. The van der Waals surface area contributed by atoms with E-state index in [0.717, 1.165) is 10.5 Å². The van der Waals surface area contributed by atoms with Crippen molar-refractivity contribution in [2.75, 3.05) is 13.1 Å². The van der Waals surface area contributed by atoms with Gasteiger partial charge in [0.2, 0.25) is 5.91 Å². The standard InChI is InChI=1S/C17H19N3O5/c1-3-8-19-15(23)16(24)20(17(19)25)10-14(22)13-6-4-12(5-7-13)9-18-11(2)21/h4-7H,3,8-10H2,1-2H3,(H,18,21). The van der Waals surface area contributed by atoms with Crippen molar-refractivity contribution < 1.29 is 24.0 Å². The lowest BCUT2D eigenvalue weighted by molar-refractivity contribution is -0.143. The van der Waals surface area contributed by atoms with Gasteiger partial charge in [-0.05, 0) is 12.0 Å². The third kappa shape index (κ3) is 4.09. The van der Waals surface area contributed by atoms with Gasteiger partial charge in [0, 0.05) is 25.6 Å². The van der Waals surface area contributed by atoms with Crippen LogP contribution >= 0.6 is 0 Å². The topological polar surface area (TPSA) is 104 Å². The first kappa shape index (κ1) is 18.3. The minimum absolute atomic E-state index is 0.145. The number of carbonyl (C=O) groups excluding carboxylic acids is 5. The summed E-state index contributed by atoms with van der Waals surface area (Å²) in [5.74, 6) is -2.48. The van der Waals surface area contributed by atoms with Gasteiger partial charge >= 0.3 is 17.8 Å². The Labute approximate surface area is 144 Å². The largest absolute Gasteiger partial charge is 0.352 e. The van der Waals surface area contributed by atoms with Gasteiger partial charge in [0.25, 0.3) is 0 Å². The van der Waals surface area contributed by atoms with Crippen molar-refractivity contribution in [2.24, 2.45) is 0 Å². The Balaban J connectivity index is 2.04. The summed E-state index contributed by atoms with van der Waals surface area (Å²) < 4.78 is 0. The average molecular weight is 345 g/mol. The van der Waals surface area contributed by atoms with Crippen LogP contribution in [-0.4, -0.2) is 52.4 Å². The smallest absolute Gasteiger partial charge is 0.334 e. The Morgan fingerprint density at radius 1 is 1.00 bits per heavy atom. The minimum atomic E-state index is -0.978. The second kappa shape index (κ2) is 7.69. The molecule has 2 rings (SSSR count). The van der Waals surface area contributed by atoms with E-state index in [9.17, 15) is 24.0 Å². The lowest BCUT2D eigenvalue weighted by Gasteiger charge is -2.14. The molecule has 132 valence electrons. The number of Topliss-reactive ketones (excluding diaryl/α,β-unsaturated/α-hetero) is 1. The van der Waals surface area contributed by atoms with Crippen LogP contribution in [0.15, 0.2) is 24.3 Å². The molecule has 1 saturated heterocycles. The van der Waals surface area contributed by atoms with Crippen LogP contribution in [0.4, 0.5) is 4.79 Å². The fraction of sp³-hybridized carbons (Fsp3) is 0.353. The number of nitrogens with one attached hydrogen (secondary N) is 1. The number of rotatable bonds is 7. The zero-order chi connectivity index (χ0) is 18.6. The van der Waals surface area contributed by atoms with E-state index in [1.807, 2.05) is 0 Å². The van der Waals surface area contributed by atoms with E-state index in [0.29, 0.717) is 23.4 Å². The van der Waals surface area contributed by atoms with Crippen molar-refractivity contribution in [3.05, 3.63) is 35.4 Å². The molecular formula is C17H19N3O5. The third-order valence-electron chi connectivity index (χ3n) is 3.70. The van der Waals surface area contributed by atoms with Crippen molar-refractivity contribution in [3.63, 3.8) is 0 Å². The van der Waals surface area contributed by atoms with Crippen LogP contribution in [0.25, 0.3) is 0 Å². The van der Waals surface area contributed by atoms with E-state index < -0.39 is 30.2 Å². The summed E-state index contributed by atoms with van der Waals surface area (Å²) in [6, 6.07) is 5.69. The minimum Gasteiger partial charge on any atom is -0.352 e. The Hall–Kier alpha value is -3.03. The van der Waals surface area contributed by atoms with Crippen LogP contribution in [0.5, 0.6) is 0 Å². The van der Waals surface area contributed by atoms with Crippen LogP contribution in [-0.2, 0) is 20.9 Å². The fourth-order valence-corrected chi connectivity index (χ4v) is 2.38. The van der Waals surface area contributed by atoms with Crippen LogP contribution in [0, 0.1) is 0 Å². The van der Waals surface area contributed by atoms with Gasteiger partial charge in [-0.3, -0.25) is 24.1 Å². The zero-order valence-corrected chi connectivity index (χ0v) is 14.1. The highest BCUT2D eigenvalue weighted by Gasteiger charge is 2.44. The first-order valence-corrected chi connectivity index (χ1v) is 7.89. The molecule has 1 aliphatic heterocycles. The van der Waals surface area contributed by atoms with Gasteiger partial charge in [-0.1, -0.05) is 31.2 Å². The van der Waals surface area contributed by atoms with E-state index in [-0.39, 0.29) is 12.5 Å². The fourth-order valence-electron chi connectivity index (χ4n) is 2.38. The number of hydrogen-bond acceptors (Lipinski definition) is 5. The van der Waals surface area contributed by atoms with Gasteiger partial charge in [-0.2, -0.15) is 0 Å². The molecule has 8 nitrogen and oxygen atoms in total. The number of nitrogens with zero attached hydrogens (tertiary/aromatic N) is 2. The molecule has 5 amide bonds. The summed E-state index contributed by atoms with van der Waals surface area (Å²) in [7, 11) is 0. The predicted octanol–water partition coefficient (Wildman–Crippen LogP) is 0.706. The number of ketones is 1. The number of carbonyl (C=O) groups is 5. The van der Waals surface area contributed by atoms with Gasteiger partial charge in [0.1, 0.15) is 0 Å². The third-order valence-corrected chi connectivity index (χ3v) is 3.70. The van der Waals surface area contributed by atoms with E-state index in [2.05, 4.69) is 5.32 Å². The maximum absolute atomic E-state index is 12.3. The molecule has 1 heterocycles. The molecule has 1 fully saturated rings. The van der Waals surface area contributed by atoms with E-state index in [1.54, 1.807) is 31.2 Å². The van der Waals surface area contributed by atoms with E-state index >= 15 is 0 Å². The molecule has 1 aromatic carbocycles. The molecule has 0 radical (unpaired) electrons. The maximum Gasteiger partial charge on any atom is 0.334 e. The number of urea groups is 1. The Bertz CT molecular complexity index is 726. The first-order valence-electron chi connectivity index (χ1n) is 7.89. The lowest BCUT2D eigenvalue weighted by Crippen LogP contribution is -2.37. The number of benzene rings is 1. The van der Waals surface area contributed by atoms with Gasteiger partial charge < -0.3 is 5.32 Å². The molecule has 0 unspecified atom stereocenters. The Morgan fingerprint density at radius 3 is 2.16 bits per heavy atom. The second-order valence-corrected chi connectivity index (χ2v) is 5.66. The van der Waals surface area contributed by atoms with Crippen LogP contribution in [0.1, 0.15) is 36.2 Å². The SMILES string of the molecule is CCCN1C(=O)C(=O)N(CC(=O)c2ccc(CNC(C)=O)cc2)C1=O. The van der Waals surface area contributed by atoms with Gasteiger partial charge in [0.15, 0.2) is 5.78 Å². The lowest BCUT2D eigenvalue weighted by atomic mass is 10.1. The second-order valence-electron chi connectivity index (χ2n) is 5.66. The van der Waals surface area contributed by atoms with Crippen molar-refractivity contribution in [1.82, 2.24) is 15.1 Å². The molecule has 25 heavy (non-hydrogen) atoms. The number of hydrogen-bond donors (Lipinski definition) is 1. The summed E-state index contributed by atoms with van der Waals surface area (Å²) in [6.45, 7) is 3.19. The monoisotopic (exact) mass is 345 g/mol. The molecule has 0 atom stereocenters. The normalized spacial score (nSPS) is 14.2. The summed E-state index contributed by atoms with van der Waals surface area (Å²) in [4.78, 5) is 60.5. The molecule has 0 aromatic heterocycles. The molecule has 0 saturated carbocycles. The molecule has 0 aliphatic carbocycles. The first-order chi connectivity index (χ1) is 11.8. The summed E-state index contributed by atoms with van der Waals surface area (Å²) in [5, 5.41) is 2.64. The quantitative estimate of drug-likeness (QED) is 0.445. The summed E-state index contributed by atoms with van der Waals surface area (Å²) in [6.07, 6.45) is 0.530. The van der Waals surface area contributed by atoms with Crippen LogP contribution in [0.3, 0.4) is 0 Å². The summed E-state index contributed by atoms with van der Waals surface area (Å²) >= 11 is 0. The molecule has 1 N–H and O–H groups in total. The van der Waals surface area contributed by atoms with Crippen molar-refractivity contribution in [1.29, 1.82) is 0 Å². The van der Waals surface area contributed by atoms with Gasteiger partial charge in [-0.25, -0.2) is 9.69 Å². The number of imide groups is 2. The zero-order valence-electron chi connectivity index (χ0n) is 14.1.